The number of nitrogens with zero attached hydrogens (tertiary/aromatic N) is 3. The van der Waals surface area contributed by atoms with E-state index in [-0.39, 0.29) is 0 Å². The summed E-state index contributed by atoms with van der Waals surface area (Å²) in [4.78, 5) is 10.1. The topological polar surface area (TPSA) is 49.2 Å². The molecule has 2 aromatic carbocycles. The van der Waals surface area contributed by atoms with Crippen molar-refractivity contribution in [2.24, 2.45) is 5.92 Å². The van der Waals surface area contributed by atoms with Crippen LogP contribution in [0.25, 0.3) is 33.1 Å². The molecule has 0 amide bonds. The van der Waals surface area contributed by atoms with E-state index in [4.69, 9.17) is 19.4 Å². The fraction of sp³-hybridized carbons (Fsp3) is 0.440. The number of ether oxygens (including phenoxy) is 2. The van der Waals surface area contributed by atoms with E-state index in [0.717, 1.165) is 69.4 Å². The second kappa shape index (κ2) is 9.43. The highest BCUT2D eigenvalue weighted by atomic mass is 79.9. The van der Waals surface area contributed by atoms with Gasteiger partial charge in [0.25, 0.3) is 0 Å². The van der Waals surface area contributed by atoms with Gasteiger partial charge in [0.1, 0.15) is 5.52 Å². The van der Waals surface area contributed by atoms with Gasteiger partial charge in [0, 0.05) is 28.5 Å². The standard InChI is InChI=1S/C25H30BrN3O2/c1-5-11-30-22-14-19-20(15-23(22)31-12-6-2)28-25-24(27-19)18-13-17(26)7-8-21(18)29(25)10-9-16(3)4/h7-8,13-16H,5-6,9-12H2,1-4H3. The molecular weight excluding hydrogens is 454 g/mol. The van der Waals surface area contributed by atoms with Crippen molar-refractivity contribution in [1.29, 1.82) is 0 Å². The molecule has 4 aromatic rings. The molecule has 0 unspecified atom stereocenters. The zero-order valence-corrected chi connectivity index (χ0v) is 20.3. The lowest BCUT2D eigenvalue weighted by Crippen LogP contribution is -2.04. The van der Waals surface area contributed by atoms with Crippen LogP contribution in [0.1, 0.15) is 47.0 Å². The Hall–Kier alpha value is -2.34. The molecule has 0 bridgehead atoms. The highest BCUT2D eigenvalue weighted by Crippen LogP contribution is 2.35. The minimum atomic E-state index is 0.615. The lowest BCUT2D eigenvalue weighted by molar-refractivity contribution is 0.269. The molecule has 31 heavy (non-hydrogen) atoms. The summed E-state index contributed by atoms with van der Waals surface area (Å²) in [6.07, 6.45) is 2.96. The van der Waals surface area contributed by atoms with Crippen molar-refractivity contribution in [3.05, 3.63) is 34.8 Å². The Morgan fingerprint density at radius 1 is 0.935 bits per heavy atom. The number of hydrogen-bond donors (Lipinski definition) is 0. The molecule has 0 aliphatic carbocycles. The van der Waals surface area contributed by atoms with Crippen LogP contribution in [0.15, 0.2) is 34.8 Å². The monoisotopic (exact) mass is 483 g/mol. The van der Waals surface area contributed by atoms with Gasteiger partial charge in [-0.1, -0.05) is 43.6 Å². The maximum absolute atomic E-state index is 5.98. The van der Waals surface area contributed by atoms with Gasteiger partial charge in [0.05, 0.1) is 29.8 Å². The molecule has 4 rings (SSSR count). The average molecular weight is 484 g/mol. The van der Waals surface area contributed by atoms with Crippen molar-refractivity contribution >= 4 is 49.0 Å². The first-order valence-corrected chi connectivity index (χ1v) is 12.0. The molecule has 0 fully saturated rings. The lowest BCUT2D eigenvalue weighted by Gasteiger charge is -2.13. The number of hydrogen-bond acceptors (Lipinski definition) is 4. The summed E-state index contributed by atoms with van der Waals surface area (Å²) in [6, 6.07) is 10.3. The van der Waals surface area contributed by atoms with E-state index in [0.29, 0.717) is 19.1 Å². The summed E-state index contributed by atoms with van der Waals surface area (Å²) in [6.45, 7) is 10.9. The zero-order chi connectivity index (χ0) is 22.0. The molecule has 0 aliphatic heterocycles. The van der Waals surface area contributed by atoms with Crippen molar-refractivity contribution in [3.63, 3.8) is 0 Å². The Morgan fingerprint density at radius 3 is 2.19 bits per heavy atom. The molecule has 2 heterocycles. The molecule has 164 valence electrons. The molecule has 0 aliphatic rings. The first-order chi connectivity index (χ1) is 15.0. The zero-order valence-electron chi connectivity index (χ0n) is 18.7. The van der Waals surface area contributed by atoms with Crippen molar-refractivity contribution in [1.82, 2.24) is 14.5 Å². The van der Waals surface area contributed by atoms with Gasteiger partial charge in [0.15, 0.2) is 17.1 Å². The van der Waals surface area contributed by atoms with Crippen LogP contribution in [0.2, 0.25) is 0 Å². The van der Waals surface area contributed by atoms with Crippen LogP contribution in [-0.2, 0) is 6.54 Å². The minimum absolute atomic E-state index is 0.615. The Balaban J connectivity index is 1.94. The van der Waals surface area contributed by atoms with Crippen molar-refractivity contribution in [2.45, 2.75) is 53.5 Å². The first kappa shape index (κ1) is 21.9. The van der Waals surface area contributed by atoms with Gasteiger partial charge in [-0.05, 0) is 43.4 Å². The number of benzene rings is 2. The Kier molecular flexibility index (Phi) is 6.65. The predicted octanol–water partition coefficient (Wildman–Crippen LogP) is 7.12. The third kappa shape index (κ3) is 4.49. The summed E-state index contributed by atoms with van der Waals surface area (Å²) in [7, 11) is 0. The van der Waals surface area contributed by atoms with Crippen LogP contribution in [0.5, 0.6) is 11.5 Å². The van der Waals surface area contributed by atoms with E-state index in [9.17, 15) is 0 Å². The minimum Gasteiger partial charge on any atom is -0.490 e. The van der Waals surface area contributed by atoms with E-state index in [1.807, 2.05) is 12.1 Å². The SMILES string of the molecule is CCCOc1cc2nc3c4cc(Br)ccc4n(CCC(C)C)c3nc2cc1OCCC. The summed E-state index contributed by atoms with van der Waals surface area (Å²) >= 11 is 3.62. The van der Waals surface area contributed by atoms with Crippen LogP contribution >= 0.6 is 15.9 Å². The second-order valence-electron chi connectivity index (χ2n) is 8.38. The highest BCUT2D eigenvalue weighted by molar-refractivity contribution is 9.10. The van der Waals surface area contributed by atoms with E-state index < -0.39 is 0 Å². The van der Waals surface area contributed by atoms with Crippen molar-refractivity contribution in [3.8, 4) is 11.5 Å². The maximum Gasteiger partial charge on any atom is 0.163 e. The fourth-order valence-corrected chi connectivity index (χ4v) is 4.10. The van der Waals surface area contributed by atoms with Gasteiger partial charge in [-0.2, -0.15) is 0 Å². The van der Waals surface area contributed by atoms with Crippen LogP contribution in [-0.4, -0.2) is 27.7 Å². The number of aryl methyl sites for hydroxylation is 1. The van der Waals surface area contributed by atoms with Crippen LogP contribution in [0.3, 0.4) is 0 Å². The van der Waals surface area contributed by atoms with Crippen LogP contribution in [0.4, 0.5) is 0 Å². The molecule has 0 atom stereocenters. The first-order valence-electron chi connectivity index (χ1n) is 11.2. The summed E-state index contributed by atoms with van der Waals surface area (Å²) < 4.78 is 15.3. The van der Waals surface area contributed by atoms with E-state index in [1.54, 1.807) is 0 Å². The third-order valence-corrected chi connectivity index (χ3v) is 5.82. The largest absolute Gasteiger partial charge is 0.490 e. The number of halogens is 1. The van der Waals surface area contributed by atoms with Gasteiger partial charge >= 0.3 is 0 Å². The van der Waals surface area contributed by atoms with Gasteiger partial charge in [-0.3, -0.25) is 0 Å². The van der Waals surface area contributed by atoms with E-state index >= 15 is 0 Å². The lowest BCUT2D eigenvalue weighted by atomic mass is 10.1. The van der Waals surface area contributed by atoms with Crippen molar-refractivity contribution < 1.29 is 9.47 Å². The Bertz CT molecular complexity index is 1220. The van der Waals surface area contributed by atoms with Gasteiger partial charge in [-0.25, -0.2) is 9.97 Å². The molecule has 0 N–H and O–H groups in total. The van der Waals surface area contributed by atoms with Crippen molar-refractivity contribution in [2.75, 3.05) is 13.2 Å². The number of aromatic nitrogens is 3. The predicted molar refractivity (Wildman–Crippen MR) is 131 cm³/mol. The van der Waals surface area contributed by atoms with Gasteiger partial charge < -0.3 is 14.0 Å². The van der Waals surface area contributed by atoms with E-state index in [2.05, 4.69) is 66.4 Å². The van der Waals surface area contributed by atoms with Crippen LogP contribution < -0.4 is 9.47 Å². The second-order valence-corrected chi connectivity index (χ2v) is 9.29. The Labute approximate surface area is 191 Å². The summed E-state index contributed by atoms with van der Waals surface area (Å²) in [5.41, 5.74) is 4.67. The molecule has 6 heteroatoms. The molecule has 2 aromatic heterocycles. The van der Waals surface area contributed by atoms with Gasteiger partial charge in [-0.15, -0.1) is 0 Å². The number of fused-ring (bicyclic) bond motifs is 4. The fourth-order valence-electron chi connectivity index (χ4n) is 3.73. The molecule has 5 nitrogen and oxygen atoms in total. The summed E-state index contributed by atoms with van der Waals surface area (Å²) in [5, 5.41) is 1.12. The summed E-state index contributed by atoms with van der Waals surface area (Å²) in [5.74, 6) is 2.09. The Morgan fingerprint density at radius 2 is 1.58 bits per heavy atom. The van der Waals surface area contributed by atoms with Gasteiger partial charge in [0.2, 0.25) is 0 Å². The maximum atomic E-state index is 5.98. The normalized spacial score (nSPS) is 11.8. The number of rotatable bonds is 9. The average Bonchev–Trinajstić information content (AvgIpc) is 3.04. The third-order valence-electron chi connectivity index (χ3n) is 5.32. The molecule has 0 spiro atoms. The molecular formula is C25H30BrN3O2. The highest BCUT2D eigenvalue weighted by Gasteiger charge is 2.17. The quantitative estimate of drug-likeness (QED) is 0.254. The molecule has 0 saturated heterocycles. The van der Waals surface area contributed by atoms with E-state index in [1.165, 1.54) is 5.52 Å². The molecule has 0 radical (unpaired) electrons. The van der Waals surface area contributed by atoms with Crippen LogP contribution in [0, 0.1) is 5.92 Å². The smallest absolute Gasteiger partial charge is 0.163 e. The molecule has 0 saturated carbocycles.